The molecule has 0 amide bonds. The Balaban J connectivity index is 0.00000200. The highest BCUT2D eigenvalue weighted by atomic mass is 35.5. The van der Waals surface area contributed by atoms with Crippen molar-refractivity contribution in [3.05, 3.63) is 46.6 Å². The fraction of sp³-hybridized carbons (Fsp3) is 0.357. The highest BCUT2D eigenvalue weighted by Gasteiger charge is 2.19. The maximum atomic E-state index is 6.24. The summed E-state index contributed by atoms with van der Waals surface area (Å²) in [7, 11) is 4.12. The van der Waals surface area contributed by atoms with Gasteiger partial charge in [0.25, 0.3) is 0 Å². The maximum Gasteiger partial charge on any atom is 0.171 e. The Hall–Kier alpha value is -0.810. The average molecular weight is 332 g/mol. The van der Waals surface area contributed by atoms with E-state index in [1.165, 1.54) is 0 Å². The van der Waals surface area contributed by atoms with Crippen molar-refractivity contribution < 1.29 is 0 Å². The highest BCUT2D eigenvalue weighted by Crippen LogP contribution is 2.26. The third-order valence-corrected chi connectivity index (χ3v) is 3.56. The third kappa shape index (κ3) is 4.63. The fourth-order valence-corrected chi connectivity index (χ4v) is 2.50. The van der Waals surface area contributed by atoms with E-state index in [-0.39, 0.29) is 18.4 Å². The molecule has 1 aliphatic heterocycles. The molecular weight excluding hydrogens is 313 g/mol. The molecule has 6 heteroatoms. The van der Waals surface area contributed by atoms with Gasteiger partial charge in [-0.25, -0.2) is 0 Å². The number of halogens is 2. The van der Waals surface area contributed by atoms with Gasteiger partial charge in [-0.1, -0.05) is 29.8 Å². The van der Waals surface area contributed by atoms with Gasteiger partial charge in [-0.05, 0) is 44.0 Å². The Morgan fingerprint density at radius 1 is 1.30 bits per heavy atom. The van der Waals surface area contributed by atoms with E-state index in [1.807, 2.05) is 24.3 Å². The quantitative estimate of drug-likeness (QED) is 0.829. The van der Waals surface area contributed by atoms with Crippen molar-refractivity contribution in [1.29, 1.82) is 0 Å². The standard InChI is InChI=1S/C14H18ClN3S.ClH/c1-18(2)8-7-10-9-13(17-14(19)16-10)11-5-3-4-6-12(11)15;/h3-6,9,13H,7-8H2,1-2H3,(H2,16,17,19);1H. The minimum absolute atomic E-state index is 0. The Morgan fingerprint density at radius 3 is 2.65 bits per heavy atom. The molecule has 20 heavy (non-hydrogen) atoms. The topological polar surface area (TPSA) is 27.3 Å². The molecule has 1 aromatic carbocycles. The Labute approximate surface area is 136 Å². The lowest BCUT2D eigenvalue weighted by molar-refractivity contribution is 0.409. The largest absolute Gasteiger partial charge is 0.352 e. The van der Waals surface area contributed by atoms with Crippen LogP contribution in [-0.4, -0.2) is 30.7 Å². The van der Waals surface area contributed by atoms with Gasteiger partial charge in [0.2, 0.25) is 0 Å². The van der Waals surface area contributed by atoms with Gasteiger partial charge in [0.05, 0.1) is 6.04 Å². The molecule has 2 rings (SSSR count). The predicted octanol–water partition coefficient (Wildman–Crippen LogP) is 3.12. The summed E-state index contributed by atoms with van der Waals surface area (Å²) in [5, 5.41) is 7.85. The summed E-state index contributed by atoms with van der Waals surface area (Å²) in [5.74, 6) is 0. The molecule has 0 radical (unpaired) electrons. The van der Waals surface area contributed by atoms with Gasteiger partial charge in [-0.15, -0.1) is 12.4 Å². The molecular formula is C14H19Cl2N3S. The van der Waals surface area contributed by atoms with Crippen LogP contribution in [-0.2, 0) is 0 Å². The molecule has 1 atom stereocenters. The van der Waals surface area contributed by atoms with Crippen LogP contribution >= 0.6 is 36.2 Å². The van der Waals surface area contributed by atoms with Crippen LogP contribution < -0.4 is 10.6 Å². The van der Waals surface area contributed by atoms with Gasteiger partial charge in [-0.2, -0.15) is 0 Å². The number of rotatable bonds is 4. The summed E-state index contributed by atoms with van der Waals surface area (Å²) in [5.41, 5.74) is 2.19. The zero-order chi connectivity index (χ0) is 13.8. The summed E-state index contributed by atoms with van der Waals surface area (Å²) in [4.78, 5) is 2.15. The smallest absolute Gasteiger partial charge is 0.171 e. The van der Waals surface area contributed by atoms with Crippen molar-refractivity contribution in [2.75, 3.05) is 20.6 Å². The van der Waals surface area contributed by atoms with E-state index in [0.29, 0.717) is 5.11 Å². The second kappa shape index (κ2) is 7.84. The Bertz CT molecular complexity index is 503. The van der Waals surface area contributed by atoms with Gasteiger partial charge >= 0.3 is 0 Å². The highest BCUT2D eigenvalue weighted by molar-refractivity contribution is 7.80. The van der Waals surface area contributed by atoms with Gasteiger partial charge in [0, 0.05) is 23.7 Å². The minimum atomic E-state index is 0. The number of benzene rings is 1. The van der Waals surface area contributed by atoms with E-state index in [1.54, 1.807) is 0 Å². The van der Waals surface area contributed by atoms with Gasteiger partial charge < -0.3 is 15.5 Å². The molecule has 110 valence electrons. The molecule has 1 heterocycles. The molecule has 0 saturated heterocycles. The third-order valence-electron chi connectivity index (χ3n) is 3.00. The zero-order valence-corrected chi connectivity index (χ0v) is 13.9. The van der Waals surface area contributed by atoms with Crippen molar-refractivity contribution in [3.63, 3.8) is 0 Å². The monoisotopic (exact) mass is 331 g/mol. The van der Waals surface area contributed by atoms with Crippen LogP contribution in [0.3, 0.4) is 0 Å². The van der Waals surface area contributed by atoms with Crippen LogP contribution in [0.4, 0.5) is 0 Å². The first-order chi connectivity index (χ1) is 9.06. The molecule has 1 aliphatic rings. The molecule has 0 fully saturated rings. The first-order valence-corrected chi connectivity index (χ1v) is 7.02. The molecule has 0 aliphatic carbocycles. The molecule has 1 unspecified atom stereocenters. The van der Waals surface area contributed by atoms with Crippen molar-refractivity contribution in [3.8, 4) is 0 Å². The number of nitrogens with zero attached hydrogens (tertiary/aromatic N) is 1. The molecule has 3 nitrogen and oxygen atoms in total. The van der Waals surface area contributed by atoms with Crippen LogP contribution in [0.2, 0.25) is 5.02 Å². The molecule has 2 N–H and O–H groups in total. The van der Waals surface area contributed by atoms with E-state index in [0.717, 1.165) is 29.2 Å². The van der Waals surface area contributed by atoms with E-state index in [4.69, 9.17) is 23.8 Å². The van der Waals surface area contributed by atoms with Crippen molar-refractivity contribution in [2.24, 2.45) is 0 Å². The summed E-state index contributed by atoms with van der Waals surface area (Å²) in [6.07, 6.45) is 3.09. The molecule has 1 aromatic rings. The first-order valence-electron chi connectivity index (χ1n) is 6.23. The number of hydrogen-bond acceptors (Lipinski definition) is 2. The summed E-state index contributed by atoms with van der Waals surface area (Å²) < 4.78 is 0. The lowest BCUT2D eigenvalue weighted by Gasteiger charge is -2.27. The summed E-state index contributed by atoms with van der Waals surface area (Å²) in [6, 6.07) is 7.88. The van der Waals surface area contributed by atoms with Gasteiger partial charge in [-0.3, -0.25) is 0 Å². The summed E-state index contributed by atoms with van der Waals surface area (Å²) in [6.45, 7) is 0.983. The Kier molecular flexibility index (Phi) is 6.76. The average Bonchev–Trinajstić information content (AvgIpc) is 2.36. The molecule has 0 bridgehead atoms. The van der Waals surface area contributed by atoms with Crippen LogP contribution in [0.5, 0.6) is 0 Å². The van der Waals surface area contributed by atoms with Crippen LogP contribution in [0, 0.1) is 0 Å². The predicted molar refractivity (Wildman–Crippen MR) is 91.6 cm³/mol. The Morgan fingerprint density at radius 2 is 2.00 bits per heavy atom. The number of hydrogen-bond donors (Lipinski definition) is 2. The van der Waals surface area contributed by atoms with Crippen LogP contribution in [0.25, 0.3) is 0 Å². The minimum Gasteiger partial charge on any atom is -0.352 e. The fourth-order valence-electron chi connectivity index (χ4n) is 1.99. The van der Waals surface area contributed by atoms with Crippen LogP contribution in [0.1, 0.15) is 18.0 Å². The lowest BCUT2D eigenvalue weighted by atomic mass is 10.0. The molecule has 0 saturated carbocycles. The lowest BCUT2D eigenvalue weighted by Crippen LogP contribution is -2.41. The van der Waals surface area contributed by atoms with Crippen LogP contribution in [0.15, 0.2) is 36.0 Å². The molecule has 0 spiro atoms. The van der Waals surface area contributed by atoms with E-state index < -0.39 is 0 Å². The number of thiocarbonyl (C=S) groups is 1. The van der Waals surface area contributed by atoms with Gasteiger partial charge in [0.15, 0.2) is 5.11 Å². The van der Waals surface area contributed by atoms with Crippen molar-refractivity contribution in [2.45, 2.75) is 12.5 Å². The number of nitrogens with one attached hydrogen (secondary N) is 2. The van der Waals surface area contributed by atoms with Gasteiger partial charge in [0.1, 0.15) is 0 Å². The zero-order valence-electron chi connectivity index (χ0n) is 11.5. The van der Waals surface area contributed by atoms with Crippen molar-refractivity contribution >= 4 is 41.3 Å². The molecule has 0 aromatic heterocycles. The van der Waals surface area contributed by atoms with E-state index in [2.05, 4.69) is 35.7 Å². The second-order valence-corrected chi connectivity index (χ2v) is 5.66. The normalized spacial score (nSPS) is 17.9. The second-order valence-electron chi connectivity index (χ2n) is 4.84. The van der Waals surface area contributed by atoms with Crippen molar-refractivity contribution in [1.82, 2.24) is 15.5 Å². The SMILES string of the molecule is CN(C)CCC1=CC(c2ccccc2Cl)NC(=S)N1.Cl. The maximum absolute atomic E-state index is 6.24. The first kappa shape index (κ1) is 17.2. The van der Waals surface area contributed by atoms with E-state index >= 15 is 0 Å². The summed E-state index contributed by atoms with van der Waals surface area (Å²) >= 11 is 11.5. The van der Waals surface area contributed by atoms with E-state index in [9.17, 15) is 0 Å².